The minimum absolute atomic E-state index is 0.126. The number of benzene rings is 1. The lowest BCUT2D eigenvalue weighted by molar-refractivity contribution is 0.0535. The number of halogens is 2. The average Bonchev–Trinajstić information content (AvgIpc) is 2.50. The van der Waals surface area contributed by atoms with Gasteiger partial charge in [-0.1, -0.05) is 6.07 Å². The Morgan fingerprint density at radius 1 is 1.39 bits per heavy atom. The molecule has 0 saturated heterocycles. The van der Waals surface area contributed by atoms with Gasteiger partial charge >= 0.3 is 0 Å². The van der Waals surface area contributed by atoms with E-state index in [9.17, 15) is 14.0 Å². The number of pyridine rings is 1. The number of aryl methyl sites for hydroxylation is 1. The van der Waals surface area contributed by atoms with E-state index in [1.165, 1.54) is 23.8 Å². The van der Waals surface area contributed by atoms with E-state index in [0.717, 1.165) is 3.57 Å². The molecule has 0 fully saturated rings. The Balaban J connectivity index is 2.57. The molecule has 0 atom stereocenters. The Bertz CT molecular complexity index is 818. The summed E-state index contributed by atoms with van der Waals surface area (Å²) in [4.78, 5) is 29.0. The van der Waals surface area contributed by atoms with Crippen LogP contribution in [0.2, 0.25) is 0 Å². The monoisotopic (exact) mass is 430 g/mol. The number of hydroxylamine groups is 1. The summed E-state index contributed by atoms with van der Waals surface area (Å²) in [6, 6.07) is 6.34. The van der Waals surface area contributed by atoms with Crippen LogP contribution in [-0.4, -0.2) is 17.6 Å². The maximum Gasteiger partial charge on any atom is 0.276 e. The normalized spacial score (nSPS) is 10.7. The highest BCUT2D eigenvalue weighted by atomic mass is 127. The minimum atomic E-state index is -0.480. The van der Waals surface area contributed by atoms with Crippen LogP contribution in [0.1, 0.15) is 27.2 Å². The van der Waals surface area contributed by atoms with Gasteiger partial charge in [0.1, 0.15) is 5.82 Å². The Hall–Kier alpha value is -1.74. The first-order chi connectivity index (χ1) is 10.8. The lowest BCUT2D eigenvalue weighted by Crippen LogP contribution is -2.30. The lowest BCUT2D eigenvalue weighted by Gasteiger charge is -2.15. The molecule has 1 aromatic carbocycles. The number of amides is 1. The largest absolute Gasteiger partial charge is 0.314 e. The van der Waals surface area contributed by atoms with Crippen molar-refractivity contribution in [3.05, 3.63) is 66.4 Å². The molecule has 1 amide bonds. The summed E-state index contributed by atoms with van der Waals surface area (Å²) in [5, 5.41) is 0. The van der Waals surface area contributed by atoms with E-state index < -0.39 is 5.91 Å². The van der Waals surface area contributed by atoms with Crippen molar-refractivity contribution >= 4 is 28.5 Å². The molecule has 0 unspecified atom stereocenters. The van der Waals surface area contributed by atoms with Gasteiger partial charge in [-0.05, 0) is 53.3 Å². The molecule has 122 valence electrons. The van der Waals surface area contributed by atoms with Crippen LogP contribution in [0.5, 0.6) is 0 Å². The zero-order valence-electron chi connectivity index (χ0n) is 12.9. The molecule has 2 aromatic rings. The van der Waals surface area contributed by atoms with Gasteiger partial charge in [-0.25, -0.2) is 9.87 Å². The first-order valence-corrected chi connectivity index (χ1v) is 7.89. The van der Waals surface area contributed by atoms with Gasteiger partial charge < -0.3 is 4.57 Å². The first-order valence-electron chi connectivity index (χ1n) is 6.82. The Kier molecular flexibility index (Phi) is 5.53. The van der Waals surface area contributed by atoms with Crippen LogP contribution < -0.4 is 11.0 Å². The van der Waals surface area contributed by atoms with E-state index in [1.54, 1.807) is 26.1 Å². The van der Waals surface area contributed by atoms with Crippen molar-refractivity contribution in [3.8, 4) is 0 Å². The van der Waals surface area contributed by atoms with Crippen molar-refractivity contribution in [2.45, 2.75) is 13.3 Å². The number of carbonyl (C=O) groups is 1. The Morgan fingerprint density at radius 2 is 2.09 bits per heavy atom. The van der Waals surface area contributed by atoms with Crippen molar-refractivity contribution in [3.63, 3.8) is 0 Å². The van der Waals surface area contributed by atoms with Crippen LogP contribution in [0.3, 0.4) is 0 Å². The maximum atomic E-state index is 14.1. The molecule has 0 aliphatic rings. The summed E-state index contributed by atoms with van der Waals surface area (Å²) in [5.74, 6) is -0.852. The molecule has 0 bridgehead atoms. The van der Waals surface area contributed by atoms with Gasteiger partial charge in [-0.3, -0.25) is 14.4 Å². The van der Waals surface area contributed by atoms with Crippen LogP contribution in [0.15, 0.2) is 29.1 Å². The van der Waals surface area contributed by atoms with E-state index in [0.29, 0.717) is 16.8 Å². The predicted octanol–water partition coefficient (Wildman–Crippen LogP) is 2.32. The van der Waals surface area contributed by atoms with Crippen LogP contribution >= 0.6 is 22.6 Å². The fraction of sp³-hybridized carbons (Fsp3) is 0.250. The Labute approximate surface area is 146 Å². The summed E-state index contributed by atoms with van der Waals surface area (Å²) in [6.07, 6.45) is 0.126. The second-order valence-electron chi connectivity index (χ2n) is 5.10. The van der Waals surface area contributed by atoms with Gasteiger partial charge in [0.05, 0.1) is 12.7 Å². The number of hydrogen-bond donors (Lipinski definition) is 1. The van der Waals surface area contributed by atoms with Crippen LogP contribution in [0.4, 0.5) is 4.39 Å². The van der Waals surface area contributed by atoms with Crippen molar-refractivity contribution < 1.29 is 14.0 Å². The number of rotatable bonds is 4. The van der Waals surface area contributed by atoms with E-state index >= 15 is 0 Å². The van der Waals surface area contributed by atoms with Gasteiger partial charge in [-0.2, -0.15) is 0 Å². The minimum Gasteiger partial charge on any atom is -0.314 e. The average molecular weight is 430 g/mol. The highest BCUT2D eigenvalue weighted by Crippen LogP contribution is 2.18. The number of nitrogens with one attached hydrogen (secondary N) is 1. The molecule has 5 nitrogen and oxygen atoms in total. The topological polar surface area (TPSA) is 60.3 Å². The van der Waals surface area contributed by atoms with Gasteiger partial charge in [0.15, 0.2) is 0 Å². The molecule has 7 heteroatoms. The standard InChI is InChI=1S/C16H16FIN2O3/c1-9-6-12(15(21)19-23-3)14(20(2)16(9)22)7-10-4-5-11(18)8-13(10)17/h4-6,8H,7H2,1-3H3,(H,19,21). The third-order valence-corrected chi connectivity index (χ3v) is 4.20. The zero-order chi connectivity index (χ0) is 17.1. The van der Waals surface area contributed by atoms with Crippen LogP contribution in [0.25, 0.3) is 0 Å². The van der Waals surface area contributed by atoms with Crippen molar-refractivity contribution in [1.29, 1.82) is 0 Å². The van der Waals surface area contributed by atoms with E-state index in [4.69, 9.17) is 0 Å². The van der Waals surface area contributed by atoms with E-state index in [-0.39, 0.29) is 23.4 Å². The molecule has 2 rings (SSSR count). The van der Waals surface area contributed by atoms with Gasteiger partial charge in [0.25, 0.3) is 11.5 Å². The highest BCUT2D eigenvalue weighted by molar-refractivity contribution is 14.1. The zero-order valence-corrected chi connectivity index (χ0v) is 15.1. The second-order valence-corrected chi connectivity index (χ2v) is 6.35. The third-order valence-electron chi connectivity index (χ3n) is 3.53. The van der Waals surface area contributed by atoms with Crippen LogP contribution in [-0.2, 0) is 18.3 Å². The smallest absolute Gasteiger partial charge is 0.276 e. The number of hydrogen-bond acceptors (Lipinski definition) is 3. The van der Waals surface area contributed by atoms with Gasteiger partial charge in [0.2, 0.25) is 0 Å². The van der Waals surface area contributed by atoms with Crippen molar-refractivity contribution in [2.75, 3.05) is 7.11 Å². The van der Waals surface area contributed by atoms with Gasteiger partial charge in [0, 0.05) is 28.3 Å². The summed E-state index contributed by atoms with van der Waals surface area (Å²) >= 11 is 2.02. The van der Waals surface area contributed by atoms with Crippen molar-refractivity contribution in [1.82, 2.24) is 10.0 Å². The van der Waals surface area contributed by atoms with E-state index in [2.05, 4.69) is 10.3 Å². The molecule has 0 spiro atoms. The first kappa shape index (κ1) is 17.6. The maximum absolute atomic E-state index is 14.1. The van der Waals surface area contributed by atoms with Gasteiger partial charge in [-0.15, -0.1) is 0 Å². The molecule has 23 heavy (non-hydrogen) atoms. The van der Waals surface area contributed by atoms with E-state index in [1.807, 2.05) is 22.6 Å². The molecular formula is C16H16FIN2O3. The fourth-order valence-corrected chi connectivity index (χ4v) is 2.79. The van der Waals surface area contributed by atoms with Crippen LogP contribution in [0, 0.1) is 16.3 Å². The fourth-order valence-electron chi connectivity index (χ4n) is 2.33. The molecule has 0 radical (unpaired) electrons. The Morgan fingerprint density at radius 3 is 2.70 bits per heavy atom. The third kappa shape index (κ3) is 3.78. The SMILES string of the molecule is CONC(=O)c1cc(C)c(=O)n(C)c1Cc1ccc(I)cc1F. The molecule has 1 aromatic heterocycles. The quantitative estimate of drug-likeness (QED) is 0.599. The lowest BCUT2D eigenvalue weighted by atomic mass is 10.0. The summed E-state index contributed by atoms with van der Waals surface area (Å²) in [5.41, 5.74) is 3.57. The number of aromatic nitrogens is 1. The predicted molar refractivity (Wildman–Crippen MR) is 92.8 cm³/mol. The number of carbonyl (C=O) groups excluding carboxylic acids is 1. The highest BCUT2D eigenvalue weighted by Gasteiger charge is 2.18. The molecule has 1 N–H and O–H groups in total. The molecule has 0 aliphatic carbocycles. The molecular weight excluding hydrogens is 414 g/mol. The summed E-state index contributed by atoms with van der Waals surface area (Å²) in [6.45, 7) is 1.63. The molecule has 1 heterocycles. The summed E-state index contributed by atoms with van der Waals surface area (Å²) in [7, 11) is 2.89. The second kappa shape index (κ2) is 7.22. The number of nitrogens with zero attached hydrogens (tertiary/aromatic N) is 1. The molecule has 0 saturated carbocycles. The molecule has 0 aliphatic heterocycles. The summed E-state index contributed by atoms with van der Waals surface area (Å²) < 4.78 is 16.3. The van der Waals surface area contributed by atoms with Crippen molar-refractivity contribution in [2.24, 2.45) is 7.05 Å².